The maximum Gasteiger partial charge on any atom is 0.573 e. The van der Waals surface area contributed by atoms with E-state index in [0.717, 1.165) is 12.8 Å². The quantitative estimate of drug-likeness (QED) is 0.721. The van der Waals surface area contributed by atoms with Crippen LogP contribution in [0.25, 0.3) is 0 Å². The number of amides is 1. The van der Waals surface area contributed by atoms with Crippen molar-refractivity contribution in [1.29, 1.82) is 0 Å². The van der Waals surface area contributed by atoms with Crippen LogP contribution in [-0.2, 0) is 20.9 Å². The molecule has 2 rings (SSSR count). The Labute approximate surface area is 162 Å². The van der Waals surface area contributed by atoms with Gasteiger partial charge in [0.15, 0.2) is 0 Å². The van der Waals surface area contributed by atoms with Crippen molar-refractivity contribution in [2.45, 2.75) is 44.9 Å². The van der Waals surface area contributed by atoms with E-state index in [4.69, 9.17) is 15.2 Å². The number of rotatable bonds is 8. The summed E-state index contributed by atoms with van der Waals surface area (Å²) in [7, 11) is 1.64. The van der Waals surface area contributed by atoms with E-state index in [-0.39, 0.29) is 18.3 Å². The van der Waals surface area contributed by atoms with Gasteiger partial charge in [-0.15, -0.1) is 13.2 Å². The van der Waals surface area contributed by atoms with Gasteiger partial charge in [-0.3, -0.25) is 4.79 Å². The van der Waals surface area contributed by atoms with E-state index in [1.165, 1.54) is 24.3 Å². The first-order chi connectivity index (χ1) is 13.2. The van der Waals surface area contributed by atoms with Gasteiger partial charge in [0.2, 0.25) is 5.91 Å². The summed E-state index contributed by atoms with van der Waals surface area (Å²) >= 11 is 0. The molecule has 1 aromatic rings. The molecule has 0 unspecified atom stereocenters. The number of carbonyl (C=O) groups excluding carboxylic acids is 1. The third-order valence-electron chi connectivity index (χ3n) is 4.69. The van der Waals surface area contributed by atoms with Crippen LogP contribution in [0.15, 0.2) is 24.3 Å². The standard InChI is InChI=1S/C19H27F3N2O4/c1-13(17(23)18(25)24-9-3-4-15(10-24)11-26-2)27-12-14-5-7-16(8-6-14)28-19(20,21)22/h5-8,13,15,17H,3-4,9-12,23H2,1-2H3/t13-,15+,17+/m1/s1. The smallest absolute Gasteiger partial charge is 0.406 e. The molecule has 1 heterocycles. The van der Waals surface area contributed by atoms with Crippen molar-refractivity contribution in [3.05, 3.63) is 29.8 Å². The van der Waals surface area contributed by atoms with Crippen molar-refractivity contribution in [3.63, 3.8) is 0 Å². The molecule has 1 aliphatic rings. The van der Waals surface area contributed by atoms with Crippen molar-refractivity contribution in [2.24, 2.45) is 11.7 Å². The maximum absolute atomic E-state index is 12.6. The Balaban J connectivity index is 1.83. The van der Waals surface area contributed by atoms with Gasteiger partial charge in [-0.2, -0.15) is 0 Å². The molecule has 0 aliphatic carbocycles. The highest BCUT2D eigenvalue weighted by atomic mass is 19.4. The van der Waals surface area contributed by atoms with E-state index < -0.39 is 18.5 Å². The molecule has 1 amide bonds. The van der Waals surface area contributed by atoms with Crippen molar-refractivity contribution in [2.75, 3.05) is 26.8 Å². The summed E-state index contributed by atoms with van der Waals surface area (Å²) in [6.07, 6.45) is -3.33. The molecule has 1 fully saturated rings. The molecule has 2 N–H and O–H groups in total. The monoisotopic (exact) mass is 404 g/mol. The van der Waals surface area contributed by atoms with Gasteiger partial charge in [0.1, 0.15) is 11.8 Å². The minimum Gasteiger partial charge on any atom is -0.406 e. The van der Waals surface area contributed by atoms with Crippen LogP contribution < -0.4 is 10.5 Å². The van der Waals surface area contributed by atoms with Gasteiger partial charge in [0, 0.05) is 20.2 Å². The number of hydrogen-bond donors (Lipinski definition) is 1. The first kappa shape index (κ1) is 22.4. The summed E-state index contributed by atoms with van der Waals surface area (Å²) in [5, 5.41) is 0. The second-order valence-electron chi connectivity index (χ2n) is 6.98. The molecule has 6 nitrogen and oxygen atoms in total. The van der Waals surface area contributed by atoms with E-state index in [1.54, 1.807) is 18.9 Å². The molecule has 28 heavy (non-hydrogen) atoms. The SMILES string of the molecule is COC[C@H]1CCCN(C(=O)[C@@H](N)[C@@H](C)OCc2ccc(OC(F)(F)F)cc2)C1. The zero-order chi connectivity index (χ0) is 20.7. The van der Waals surface area contributed by atoms with E-state index in [0.29, 0.717) is 31.2 Å². The molecule has 0 saturated carbocycles. The number of alkyl halides is 3. The van der Waals surface area contributed by atoms with Crippen LogP contribution in [0.3, 0.4) is 0 Å². The Hall–Kier alpha value is -1.84. The lowest BCUT2D eigenvalue weighted by atomic mass is 9.98. The summed E-state index contributed by atoms with van der Waals surface area (Å²) in [4.78, 5) is 14.4. The number of nitrogens with two attached hydrogens (primary N) is 1. The average molecular weight is 404 g/mol. The van der Waals surface area contributed by atoms with E-state index in [1.807, 2.05) is 0 Å². The van der Waals surface area contributed by atoms with Crippen LogP contribution >= 0.6 is 0 Å². The molecule has 0 radical (unpaired) electrons. The van der Waals surface area contributed by atoms with Crippen LogP contribution in [0.5, 0.6) is 5.75 Å². The van der Waals surface area contributed by atoms with Gasteiger partial charge in [-0.05, 0) is 43.4 Å². The normalized spacial score (nSPS) is 19.9. The summed E-state index contributed by atoms with van der Waals surface area (Å²) in [5.74, 6) is -0.155. The fourth-order valence-corrected chi connectivity index (χ4v) is 3.17. The van der Waals surface area contributed by atoms with Crippen molar-refractivity contribution >= 4 is 5.91 Å². The number of ether oxygens (including phenoxy) is 3. The molecule has 1 aromatic carbocycles. The Morgan fingerprint density at radius 2 is 2.00 bits per heavy atom. The topological polar surface area (TPSA) is 74.0 Å². The lowest BCUT2D eigenvalue weighted by Gasteiger charge is -2.35. The number of benzene rings is 1. The van der Waals surface area contributed by atoms with E-state index in [9.17, 15) is 18.0 Å². The summed E-state index contributed by atoms with van der Waals surface area (Å²) < 4.78 is 51.2. The molecule has 158 valence electrons. The maximum atomic E-state index is 12.6. The summed E-state index contributed by atoms with van der Waals surface area (Å²) in [6, 6.07) is 4.56. The summed E-state index contributed by atoms with van der Waals surface area (Å²) in [6.45, 7) is 3.73. The Morgan fingerprint density at radius 1 is 1.32 bits per heavy atom. The fraction of sp³-hybridized carbons (Fsp3) is 0.632. The Morgan fingerprint density at radius 3 is 2.61 bits per heavy atom. The van der Waals surface area contributed by atoms with Crippen LogP contribution in [0.1, 0.15) is 25.3 Å². The predicted octanol–water partition coefficient (Wildman–Crippen LogP) is 2.70. The van der Waals surface area contributed by atoms with Crippen LogP contribution in [0, 0.1) is 5.92 Å². The molecule has 0 bridgehead atoms. The molecule has 1 aliphatic heterocycles. The van der Waals surface area contributed by atoms with Crippen molar-refractivity contribution < 1.29 is 32.2 Å². The predicted molar refractivity (Wildman–Crippen MR) is 96.5 cm³/mol. The van der Waals surface area contributed by atoms with Crippen molar-refractivity contribution in [3.8, 4) is 5.75 Å². The molecule has 1 saturated heterocycles. The van der Waals surface area contributed by atoms with Gasteiger partial charge in [-0.1, -0.05) is 12.1 Å². The van der Waals surface area contributed by atoms with E-state index >= 15 is 0 Å². The third-order valence-corrected chi connectivity index (χ3v) is 4.69. The van der Waals surface area contributed by atoms with Gasteiger partial charge in [-0.25, -0.2) is 0 Å². The number of hydrogen-bond acceptors (Lipinski definition) is 5. The fourth-order valence-electron chi connectivity index (χ4n) is 3.17. The highest BCUT2D eigenvalue weighted by Gasteiger charge is 2.31. The molecular weight excluding hydrogens is 377 g/mol. The zero-order valence-corrected chi connectivity index (χ0v) is 16.1. The molecule has 3 atom stereocenters. The largest absolute Gasteiger partial charge is 0.573 e. The lowest BCUT2D eigenvalue weighted by Crippen LogP contribution is -2.52. The number of halogens is 3. The van der Waals surface area contributed by atoms with Gasteiger partial charge < -0.3 is 24.8 Å². The number of likely N-dealkylation sites (tertiary alicyclic amines) is 1. The number of nitrogens with zero attached hydrogens (tertiary/aromatic N) is 1. The third kappa shape index (κ3) is 6.96. The second-order valence-corrected chi connectivity index (χ2v) is 6.98. The van der Waals surface area contributed by atoms with Crippen LogP contribution in [0.2, 0.25) is 0 Å². The molecule has 9 heteroatoms. The molecule has 0 spiro atoms. The average Bonchev–Trinajstić information content (AvgIpc) is 2.65. The first-order valence-corrected chi connectivity index (χ1v) is 9.19. The minimum atomic E-state index is -4.73. The Bertz CT molecular complexity index is 623. The number of carbonyl (C=O) groups is 1. The highest BCUT2D eigenvalue weighted by molar-refractivity contribution is 5.82. The van der Waals surface area contributed by atoms with Crippen molar-refractivity contribution in [1.82, 2.24) is 4.90 Å². The number of piperidine rings is 1. The van der Waals surface area contributed by atoms with Gasteiger partial charge in [0.05, 0.1) is 19.3 Å². The Kier molecular flexibility index (Phi) is 8.09. The molecule has 0 aromatic heterocycles. The van der Waals surface area contributed by atoms with Crippen LogP contribution in [-0.4, -0.2) is 56.1 Å². The summed E-state index contributed by atoms with van der Waals surface area (Å²) in [5.41, 5.74) is 6.73. The van der Waals surface area contributed by atoms with Gasteiger partial charge in [0.25, 0.3) is 0 Å². The van der Waals surface area contributed by atoms with Crippen LogP contribution in [0.4, 0.5) is 13.2 Å². The minimum absolute atomic E-state index is 0.126. The molecular formula is C19H27F3N2O4. The lowest BCUT2D eigenvalue weighted by molar-refractivity contribution is -0.274. The van der Waals surface area contributed by atoms with Gasteiger partial charge >= 0.3 is 6.36 Å². The number of methoxy groups -OCH3 is 1. The highest BCUT2D eigenvalue weighted by Crippen LogP contribution is 2.23. The second kappa shape index (κ2) is 10.1. The first-order valence-electron chi connectivity index (χ1n) is 9.19. The van der Waals surface area contributed by atoms with E-state index in [2.05, 4.69) is 4.74 Å². The zero-order valence-electron chi connectivity index (χ0n) is 16.1.